The predicted octanol–water partition coefficient (Wildman–Crippen LogP) is 3.08. The second-order valence-corrected chi connectivity index (χ2v) is 5.79. The first kappa shape index (κ1) is 14.0. The Kier molecular flexibility index (Phi) is 4.17. The van der Waals surface area contributed by atoms with Gasteiger partial charge in [-0.1, -0.05) is 11.6 Å². The fraction of sp³-hybridized carbons (Fsp3) is 0.308. The van der Waals surface area contributed by atoms with Gasteiger partial charge in [-0.25, -0.2) is 4.98 Å². The summed E-state index contributed by atoms with van der Waals surface area (Å²) >= 11 is 7.65. The topological polar surface area (TPSA) is 46.1 Å². The Morgan fingerprint density at radius 3 is 2.79 bits per heavy atom. The number of amides is 1. The molecule has 0 N–H and O–H groups in total. The van der Waals surface area contributed by atoms with Crippen LogP contribution in [0.2, 0.25) is 5.02 Å². The Morgan fingerprint density at radius 1 is 1.47 bits per heavy atom. The summed E-state index contributed by atoms with van der Waals surface area (Å²) in [4.78, 5) is 22.3. The Balaban J connectivity index is 2.14. The standard InChI is InChI=1S/C13H14ClN3OS/c1-8-4-12(14)11(5-15-8)13(18)17(3)6-10-7-19-9(2)16-10/h4-5,7H,6H2,1-3H3. The molecule has 0 unspecified atom stereocenters. The molecule has 0 aliphatic heterocycles. The number of halogens is 1. The molecule has 100 valence electrons. The van der Waals surface area contributed by atoms with Crippen molar-refractivity contribution in [3.63, 3.8) is 0 Å². The minimum absolute atomic E-state index is 0.150. The highest BCUT2D eigenvalue weighted by Gasteiger charge is 2.16. The van der Waals surface area contributed by atoms with Crippen LogP contribution in [0, 0.1) is 13.8 Å². The molecule has 0 aliphatic carbocycles. The molecule has 0 radical (unpaired) electrons. The predicted molar refractivity (Wildman–Crippen MR) is 76.6 cm³/mol. The van der Waals surface area contributed by atoms with Gasteiger partial charge in [0.05, 0.1) is 27.8 Å². The van der Waals surface area contributed by atoms with E-state index in [2.05, 4.69) is 9.97 Å². The zero-order valence-corrected chi connectivity index (χ0v) is 12.5. The highest BCUT2D eigenvalue weighted by Crippen LogP contribution is 2.18. The van der Waals surface area contributed by atoms with E-state index in [9.17, 15) is 4.79 Å². The fourth-order valence-electron chi connectivity index (χ4n) is 1.69. The van der Waals surface area contributed by atoms with Crippen LogP contribution >= 0.6 is 22.9 Å². The zero-order chi connectivity index (χ0) is 14.0. The van der Waals surface area contributed by atoms with E-state index in [1.165, 1.54) is 6.20 Å². The molecule has 6 heteroatoms. The SMILES string of the molecule is Cc1cc(Cl)c(C(=O)N(C)Cc2csc(C)n2)cn1. The summed E-state index contributed by atoms with van der Waals surface area (Å²) in [6.07, 6.45) is 1.52. The smallest absolute Gasteiger partial charge is 0.257 e. The number of rotatable bonds is 3. The van der Waals surface area contributed by atoms with Gasteiger partial charge in [-0.15, -0.1) is 11.3 Å². The minimum atomic E-state index is -0.150. The van der Waals surface area contributed by atoms with Crippen molar-refractivity contribution in [3.8, 4) is 0 Å². The lowest BCUT2D eigenvalue weighted by molar-refractivity contribution is 0.0783. The molecule has 0 aromatic carbocycles. The van der Waals surface area contributed by atoms with Crippen LogP contribution in [0.15, 0.2) is 17.6 Å². The molecule has 4 nitrogen and oxygen atoms in total. The number of thiazole rings is 1. The van der Waals surface area contributed by atoms with Gasteiger partial charge < -0.3 is 4.90 Å². The first-order valence-electron chi connectivity index (χ1n) is 5.76. The van der Waals surface area contributed by atoms with Crippen molar-refractivity contribution in [1.29, 1.82) is 0 Å². The quantitative estimate of drug-likeness (QED) is 0.874. The van der Waals surface area contributed by atoms with Gasteiger partial charge in [-0.05, 0) is 19.9 Å². The first-order chi connectivity index (χ1) is 8.97. The largest absolute Gasteiger partial charge is 0.336 e. The van der Waals surface area contributed by atoms with Crippen LogP contribution in [0.4, 0.5) is 0 Å². The maximum absolute atomic E-state index is 12.3. The summed E-state index contributed by atoms with van der Waals surface area (Å²) in [5.41, 5.74) is 2.09. The third-order valence-corrected chi connectivity index (χ3v) is 3.77. The number of aryl methyl sites for hydroxylation is 2. The van der Waals surface area contributed by atoms with Crippen molar-refractivity contribution in [2.24, 2.45) is 0 Å². The molecule has 0 spiro atoms. The average molecular weight is 296 g/mol. The van der Waals surface area contributed by atoms with Crippen molar-refractivity contribution >= 4 is 28.8 Å². The molecule has 2 heterocycles. The molecular formula is C13H14ClN3OS. The molecule has 0 saturated carbocycles. The molecule has 1 amide bonds. The molecule has 0 saturated heterocycles. The molecule has 2 aromatic rings. The van der Waals surface area contributed by atoms with Gasteiger partial charge in [0.25, 0.3) is 5.91 Å². The Labute approximate surface area is 121 Å². The summed E-state index contributed by atoms with van der Waals surface area (Å²) in [6.45, 7) is 4.24. The Morgan fingerprint density at radius 2 is 2.21 bits per heavy atom. The summed E-state index contributed by atoms with van der Waals surface area (Å²) in [6, 6.07) is 1.69. The van der Waals surface area contributed by atoms with E-state index in [-0.39, 0.29) is 5.91 Å². The van der Waals surface area contributed by atoms with Crippen LogP contribution in [0.1, 0.15) is 26.8 Å². The lowest BCUT2D eigenvalue weighted by Gasteiger charge is -2.16. The van der Waals surface area contributed by atoms with Gasteiger partial charge >= 0.3 is 0 Å². The monoisotopic (exact) mass is 295 g/mol. The van der Waals surface area contributed by atoms with E-state index in [1.807, 2.05) is 19.2 Å². The highest BCUT2D eigenvalue weighted by atomic mass is 35.5. The van der Waals surface area contributed by atoms with Crippen LogP contribution in [0.3, 0.4) is 0 Å². The maximum atomic E-state index is 12.3. The van der Waals surface area contributed by atoms with Crippen LogP contribution in [0.5, 0.6) is 0 Å². The first-order valence-corrected chi connectivity index (χ1v) is 7.01. The van der Waals surface area contributed by atoms with Gasteiger partial charge in [0.15, 0.2) is 0 Å². The fourth-order valence-corrected chi connectivity index (χ4v) is 2.58. The number of nitrogens with zero attached hydrogens (tertiary/aromatic N) is 3. The average Bonchev–Trinajstić information content (AvgIpc) is 2.74. The molecule has 0 aliphatic rings. The minimum Gasteiger partial charge on any atom is -0.336 e. The molecule has 0 fully saturated rings. The molecule has 0 bridgehead atoms. The maximum Gasteiger partial charge on any atom is 0.257 e. The lowest BCUT2D eigenvalue weighted by Crippen LogP contribution is -2.26. The molecular weight excluding hydrogens is 282 g/mol. The number of hydrogen-bond acceptors (Lipinski definition) is 4. The van der Waals surface area contributed by atoms with Gasteiger partial charge in [0.1, 0.15) is 0 Å². The van der Waals surface area contributed by atoms with E-state index in [0.29, 0.717) is 17.1 Å². The Bertz CT molecular complexity index is 612. The second-order valence-electron chi connectivity index (χ2n) is 4.32. The van der Waals surface area contributed by atoms with Crippen molar-refractivity contribution in [3.05, 3.63) is 44.6 Å². The van der Waals surface area contributed by atoms with Gasteiger partial charge in [-0.2, -0.15) is 0 Å². The molecule has 2 aromatic heterocycles. The van der Waals surface area contributed by atoms with E-state index in [4.69, 9.17) is 11.6 Å². The number of aromatic nitrogens is 2. The van der Waals surface area contributed by atoms with Crippen molar-refractivity contribution in [2.75, 3.05) is 7.05 Å². The van der Waals surface area contributed by atoms with E-state index < -0.39 is 0 Å². The zero-order valence-electron chi connectivity index (χ0n) is 11.0. The summed E-state index contributed by atoms with van der Waals surface area (Å²) in [7, 11) is 1.73. The highest BCUT2D eigenvalue weighted by molar-refractivity contribution is 7.09. The number of pyridine rings is 1. The van der Waals surface area contributed by atoms with E-state index in [1.54, 1.807) is 29.4 Å². The van der Waals surface area contributed by atoms with Gasteiger partial charge in [0, 0.05) is 24.3 Å². The molecule has 0 atom stereocenters. The number of carbonyl (C=O) groups excluding carboxylic acids is 1. The summed E-state index contributed by atoms with van der Waals surface area (Å²) in [5, 5.41) is 3.37. The Hall–Kier alpha value is -1.46. The summed E-state index contributed by atoms with van der Waals surface area (Å²) < 4.78 is 0. The second kappa shape index (κ2) is 5.67. The number of hydrogen-bond donors (Lipinski definition) is 0. The van der Waals surface area contributed by atoms with Crippen molar-refractivity contribution < 1.29 is 4.79 Å². The third-order valence-electron chi connectivity index (χ3n) is 2.63. The molecule has 19 heavy (non-hydrogen) atoms. The molecule has 2 rings (SSSR count). The van der Waals surface area contributed by atoms with Gasteiger partial charge in [-0.3, -0.25) is 9.78 Å². The summed E-state index contributed by atoms with van der Waals surface area (Å²) in [5.74, 6) is -0.150. The van der Waals surface area contributed by atoms with Crippen LogP contribution in [0.25, 0.3) is 0 Å². The van der Waals surface area contributed by atoms with E-state index >= 15 is 0 Å². The van der Waals surface area contributed by atoms with Crippen LogP contribution in [-0.2, 0) is 6.54 Å². The lowest BCUT2D eigenvalue weighted by atomic mass is 10.2. The number of carbonyl (C=O) groups is 1. The normalized spacial score (nSPS) is 10.5. The van der Waals surface area contributed by atoms with Gasteiger partial charge in [0.2, 0.25) is 0 Å². The van der Waals surface area contributed by atoms with Crippen LogP contribution in [-0.4, -0.2) is 27.8 Å². The van der Waals surface area contributed by atoms with E-state index in [0.717, 1.165) is 16.4 Å². The van der Waals surface area contributed by atoms with Crippen LogP contribution < -0.4 is 0 Å². The van der Waals surface area contributed by atoms with Crippen molar-refractivity contribution in [2.45, 2.75) is 20.4 Å². The van der Waals surface area contributed by atoms with Crippen molar-refractivity contribution in [1.82, 2.24) is 14.9 Å². The third kappa shape index (κ3) is 3.30.